The van der Waals surface area contributed by atoms with Crippen LogP contribution in [0.25, 0.3) is 0 Å². The first-order valence-electron chi connectivity index (χ1n) is 6.63. The van der Waals surface area contributed by atoms with E-state index in [-0.39, 0.29) is 11.8 Å². The van der Waals surface area contributed by atoms with Crippen LogP contribution in [0.4, 0.5) is 5.82 Å². The summed E-state index contributed by atoms with van der Waals surface area (Å²) in [5.74, 6) is 0.511. The molecule has 1 atom stereocenters. The first-order chi connectivity index (χ1) is 9.56. The Balaban J connectivity index is 1.98. The first-order valence-corrected chi connectivity index (χ1v) is 6.63. The number of nitrogens with zero attached hydrogens (tertiary/aromatic N) is 1. The second-order valence-corrected chi connectivity index (χ2v) is 4.94. The zero-order chi connectivity index (χ0) is 14.5. The van der Waals surface area contributed by atoms with Crippen molar-refractivity contribution in [1.29, 1.82) is 0 Å². The maximum absolute atomic E-state index is 12.1. The van der Waals surface area contributed by atoms with E-state index in [0.717, 1.165) is 5.69 Å². The van der Waals surface area contributed by atoms with Crippen LogP contribution in [-0.2, 0) is 0 Å². The molecule has 1 aromatic heterocycles. The van der Waals surface area contributed by atoms with Gasteiger partial charge in [-0.1, -0.05) is 37.3 Å². The molecule has 2 aromatic rings. The molecule has 3 N–H and O–H groups in total. The molecule has 20 heavy (non-hydrogen) atoms. The van der Waals surface area contributed by atoms with E-state index in [4.69, 9.17) is 5.73 Å². The summed E-state index contributed by atoms with van der Waals surface area (Å²) in [6, 6.07) is 13.4. The van der Waals surface area contributed by atoms with E-state index in [9.17, 15) is 4.79 Å². The van der Waals surface area contributed by atoms with Crippen molar-refractivity contribution in [3.05, 3.63) is 59.3 Å². The molecule has 0 aliphatic carbocycles. The summed E-state index contributed by atoms with van der Waals surface area (Å²) < 4.78 is 0. The van der Waals surface area contributed by atoms with Crippen LogP contribution in [-0.4, -0.2) is 17.4 Å². The number of amides is 1. The topological polar surface area (TPSA) is 68.0 Å². The lowest BCUT2D eigenvalue weighted by Crippen LogP contribution is -2.27. The fourth-order valence-corrected chi connectivity index (χ4v) is 2.07. The van der Waals surface area contributed by atoms with Gasteiger partial charge in [0, 0.05) is 17.8 Å². The molecule has 0 bridgehead atoms. The summed E-state index contributed by atoms with van der Waals surface area (Å²) in [5, 5.41) is 2.93. The maximum atomic E-state index is 12.1. The van der Waals surface area contributed by atoms with E-state index in [1.165, 1.54) is 5.56 Å². The lowest BCUT2D eigenvalue weighted by molar-refractivity contribution is 0.0951. The van der Waals surface area contributed by atoms with E-state index in [1.807, 2.05) is 25.1 Å². The standard InChI is InChI=1S/C16H19N3O/c1-11(13-6-4-3-5-7-13)10-18-16(20)14-8-12(2)19-15(17)9-14/h3-9,11H,10H2,1-2H3,(H2,17,19)(H,18,20). The molecule has 0 aliphatic rings. The Morgan fingerprint density at radius 3 is 2.65 bits per heavy atom. The average Bonchev–Trinajstić information content (AvgIpc) is 2.44. The molecule has 0 aliphatic heterocycles. The summed E-state index contributed by atoms with van der Waals surface area (Å²) in [4.78, 5) is 16.1. The van der Waals surface area contributed by atoms with Gasteiger partial charge in [-0.2, -0.15) is 0 Å². The van der Waals surface area contributed by atoms with Crippen molar-refractivity contribution in [3.8, 4) is 0 Å². The molecule has 104 valence electrons. The van der Waals surface area contributed by atoms with Crippen LogP contribution >= 0.6 is 0 Å². The van der Waals surface area contributed by atoms with Crippen molar-refractivity contribution >= 4 is 11.7 Å². The van der Waals surface area contributed by atoms with Crippen LogP contribution in [0.1, 0.15) is 34.5 Å². The zero-order valence-corrected chi connectivity index (χ0v) is 11.8. The number of nitrogens with two attached hydrogens (primary N) is 1. The quantitative estimate of drug-likeness (QED) is 0.896. The minimum absolute atomic E-state index is 0.120. The van der Waals surface area contributed by atoms with Crippen LogP contribution in [0.2, 0.25) is 0 Å². The number of hydrogen-bond donors (Lipinski definition) is 2. The van der Waals surface area contributed by atoms with E-state index in [0.29, 0.717) is 17.9 Å². The van der Waals surface area contributed by atoms with Gasteiger partial charge >= 0.3 is 0 Å². The zero-order valence-electron chi connectivity index (χ0n) is 11.8. The van der Waals surface area contributed by atoms with Crippen molar-refractivity contribution < 1.29 is 4.79 Å². The van der Waals surface area contributed by atoms with Gasteiger partial charge < -0.3 is 11.1 Å². The van der Waals surface area contributed by atoms with Crippen molar-refractivity contribution in [1.82, 2.24) is 10.3 Å². The van der Waals surface area contributed by atoms with Crippen LogP contribution in [0.15, 0.2) is 42.5 Å². The normalized spacial score (nSPS) is 11.9. The molecule has 1 unspecified atom stereocenters. The van der Waals surface area contributed by atoms with Crippen molar-refractivity contribution in [3.63, 3.8) is 0 Å². The largest absolute Gasteiger partial charge is 0.384 e. The number of benzene rings is 1. The molecule has 0 saturated carbocycles. The van der Waals surface area contributed by atoms with Gasteiger partial charge in [-0.05, 0) is 30.5 Å². The molecule has 0 saturated heterocycles. The smallest absolute Gasteiger partial charge is 0.251 e. The first kappa shape index (κ1) is 14.1. The molecule has 0 radical (unpaired) electrons. The van der Waals surface area contributed by atoms with E-state index in [2.05, 4.69) is 29.4 Å². The fraction of sp³-hybridized carbons (Fsp3) is 0.250. The SMILES string of the molecule is Cc1cc(C(=O)NCC(C)c2ccccc2)cc(N)n1. The van der Waals surface area contributed by atoms with Crippen molar-refractivity contribution in [2.45, 2.75) is 19.8 Å². The highest BCUT2D eigenvalue weighted by molar-refractivity contribution is 5.94. The predicted octanol–water partition coefficient (Wildman–Crippen LogP) is 2.51. The Morgan fingerprint density at radius 1 is 1.30 bits per heavy atom. The number of nitrogens with one attached hydrogen (secondary N) is 1. The van der Waals surface area contributed by atoms with Crippen LogP contribution < -0.4 is 11.1 Å². The van der Waals surface area contributed by atoms with E-state index >= 15 is 0 Å². The third-order valence-corrected chi connectivity index (χ3v) is 3.17. The summed E-state index contributed by atoms with van der Waals surface area (Å²) in [6.45, 7) is 4.49. The van der Waals surface area contributed by atoms with Gasteiger partial charge in [0.2, 0.25) is 0 Å². The Hall–Kier alpha value is -2.36. The highest BCUT2D eigenvalue weighted by Gasteiger charge is 2.10. The third kappa shape index (κ3) is 3.57. The third-order valence-electron chi connectivity index (χ3n) is 3.17. The van der Waals surface area contributed by atoms with Gasteiger partial charge in [0.25, 0.3) is 5.91 Å². The number of nitrogen functional groups attached to an aromatic ring is 1. The Kier molecular flexibility index (Phi) is 4.35. The fourth-order valence-electron chi connectivity index (χ4n) is 2.07. The van der Waals surface area contributed by atoms with Crippen LogP contribution in [0.5, 0.6) is 0 Å². The predicted molar refractivity (Wildman–Crippen MR) is 80.6 cm³/mol. The van der Waals surface area contributed by atoms with Gasteiger partial charge in [0.1, 0.15) is 5.82 Å². The Labute approximate surface area is 119 Å². The van der Waals surface area contributed by atoms with Gasteiger partial charge in [0.15, 0.2) is 0 Å². The van der Waals surface area contributed by atoms with Crippen molar-refractivity contribution in [2.75, 3.05) is 12.3 Å². The number of rotatable bonds is 4. The molecule has 4 nitrogen and oxygen atoms in total. The number of anilines is 1. The number of carbonyl (C=O) groups excluding carboxylic acids is 1. The van der Waals surface area contributed by atoms with Gasteiger partial charge in [-0.25, -0.2) is 4.98 Å². The Morgan fingerprint density at radius 2 is 2.00 bits per heavy atom. The lowest BCUT2D eigenvalue weighted by Gasteiger charge is -2.13. The van der Waals surface area contributed by atoms with Crippen LogP contribution in [0.3, 0.4) is 0 Å². The molecule has 0 fully saturated rings. The minimum atomic E-state index is -0.120. The van der Waals surface area contributed by atoms with Crippen LogP contribution in [0, 0.1) is 6.92 Å². The second-order valence-electron chi connectivity index (χ2n) is 4.94. The number of pyridine rings is 1. The summed E-state index contributed by atoms with van der Waals surface area (Å²) in [7, 11) is 0. The van der Waals surface area contributed by atoms with E-state index < -0.39 is 0 Å². The van der Waals surface area contributed by atoms with Gasteiger partial charge in [0.05, 0.1) is 0 Å². The average molecular weight is 269 g/mol. The Bertz CT molecular complexity index is 576. The second kappa shape index (κ2) is 6.19. The van der Waals surface area contributed by atoms with Gasteiger partial charge in [-0.3, -0.25) is 4.79 Å². The molecule has 4 heteroatoms. The molecular formula is C16H19N3O. The summed E-state index contributed by atoms with van der Waals surface area (Å²) in [6.07, 6.45) is 0. The number of aryl methyl sites for hydroxylation is 1. The van der Waals surface area contributed by atoms with Crippen molar-refractivity contribution in [2.24, 2.45) is 0 Å². The minimum Gasteiger partial charge on any atom is -0.384 e. The molecule has 0 spiro atoms. The maximum Gasteiger partial charge on any atom is 0.251 e. The highest BCUT2D eigenvalue weighted by Crippen LogP contribution is 2.13. The number of carbonyl (C=O) groups is 1. The highest BCUT2D eigenvalue weighted by atomic mass is 16.1. The molecule has 1 aromatic carbocycles. The molecule has 1 amide bonds. The molecular weight excluding hydrogens is 250 g/mol. The number of hydrogen-bond acceptors (Lipinski definition) is 3. The summed E-state index contributed by atoms with van der Waals surface area (Å²) >= 11 is 0. The molecule has 2 rings (SSSR count). The number of aromatic nitrogens is 1. The lowest BCUT2D eigenvalue weighted by atomic mass is 10.0. The van der Waals surface area contributed by atoms with E-state index in [1.54, 1.807) is 12.1 Å². The molecule has 1 heterocycles. The summed E-state index contributed by atoms with van der Waals surface area (Å²) in [5.41, 5.74) is 8.15. The van der Waals surface area contributed by atoms with Gasteiger partial charge in [-0.15, -0.1) is 0 Å². The monoisotopic (exact) mass is 269 g/mol.